The summed E-state index contributed by atoms with van der Waals surface area (Å²) in [6, 6.07) is 2.59. The smallest absolute Gasteiger partial charge is 0.252 e. The highest BCUT2D eigenvalue weighted by Crippen LogP contribution is 2.40. The normalized spacial score (nSPS) is 14.0. The number of methoxy groups -OCH3 is 1. The zero-order valence-corrected chi connectivity index (χ0v) is 14.5. The molecular formula is C17H24N2O5. The molecule has 24 heavy (non-hydrogen) atoms. The number of hydrogen-bond acceptors (Lipinski definition) is 5. The summed E-state index contributed by atoms with van der Waals surface area (Å²) in [7, 11) is 3.05. The average Bonchev–Trinajstić information content (AvgIpc) is 2.58. The maximum absolute atomic E-state index is 12.6. The lowest BCUT2D eigenvalue weighted by atomic mass is 10.0. The number of hydrogen-bond donors (Lipinski definition) is 2. The Balaban J connectivity index is 2.23. The zero-order valence-electron chi connectivity index (χ0n) is 14.5. The van der Waals surface area contributed by atoms with E-state index in [0.717, 1.165) is 0 Å². The fourth-order valence-corrected chi connectivity index (χ4v) is 2.52. The second kappa shape index (κ2) is 7.90. The Labute approximate surface area is 141 Å². The number of carbonyl (C=O) groups excluding carboxylic acids is 2. The SMILES string of the molecule is CNC(=O)[C@H](CC(C)C)NC(=O)c1cc(OC)c2c(c1)OCCO2. The maximum Gasteiger partial charge on any atom is 0.252 e. The summed E-state index contributed by atoms with van der Waals surface area (Å²) in [6.07, 6.45) is 0.549. The molecule has 2 amide bonds. The minimum atomic E-state index is -0.596. The summed E-state index contributed by atoms with van der Waals surface area (Å²) in [6.45, 7) is 4.84. The maximum atomic E-state index is 12.6. The fraction of sp³-hybridized carbons (Fsp3) is 0.529. The quantitative estimate of drug-likeness (QED) is 0.819. The Morgan fingerprint density at radius 2 is 1.96 bits per heavy atom. The lowest BCUT2D eigenvalue weighted by molar-refractivity contribution is -0.122. The molecule has 2 N–H and O–H groups in total. The minimum absolute atomic E-state index is 0.221. The van der Waals surface area contributed by atoms with Gasteiger partial charge in [-0.1, -0.05) is 13.8 Å². The van der Waals surface area contributed by atoms with Crippen molar-refractivity contribution in [2.24, 2.45) is 5.92 Å². The number of benzene rings is 1. The second-order valence-electron chi connectivity index (χ2n) is 5.97. The van der Waals surface area contributed by atoms with Crippen molar-refractivity contribution in [2.45, 2.75) is 26.3 Å². The van der Waals surface area contributed by atoms with E-state index in [2.05, 4.69) is 10.6 Å². The third-order valence-corrected chi connectivity index (χ3v) is 3.67. The van der Waals surface area contributed by atoms with Gasteiger partial charge in [0.05, 0.1) is 7.11 Å². The van der Waals surface area contributed by atoms with Gasteiger partial charge in [0.15, 0.2) is 11.5 Å². The highest BCUT2D eigenvalue weighted by Gasteiger charge is 2.24. The third kappa shape index (κ3) is 4.10. The topological polar surface area (TPSA) is 85.9 Å². The molecule has 1 aromatic carbocycles. The van der Waals surface area contributed by atoms with Crippen LogP contribution >= 0.6 is 0 Å². The molecule has 0 radical (unpaired) electrons. The van der Waals surface area contributed by atoms with Gasteiger partial charge in [-0.15, -0.1) is 0 Å². The van der Waals surface area contributed by atoms with Crippen molar-refractivity contribution in [1.82, 2.24) is 10.6 Å². The van der Waals surface area contributed by atoms with Gasteiger partial charge in [0.2, 0.25) is 11.7 Å². The van der Waals surface area contributed by atoms with E-state index < -0.39 is 6.04 Å². The molecule has 1 aromatic rings. The van der Waals surface area contributed by atoms with E-state index in [0.29, 0.717) is 42.4 Å². The zero-order chi connectivity index (χ0) is 17.7. The van der Waals surface area contributed by atoms with Crippen LogP contribution in [0.1, 0.15) is 30.6 Å². The average molecular weight is 336 g/mol. The molecule has 7 heteroatoms. The first-order valence-corrected chi connectivity index (χ1v) is 7.96. The standard InChI is InChI=1S/C17H24N2O5/c1-10(2)7-12(17(21)18-3)19-16(20)11-8-13(22-4)15-14(9-11)23-5-6-24-15/h8-10,12H,5-7H2,1-4H3,(H,18,21)(H,19,20)/t12-/m0/s1. The van der Waals surface area contributed by atoms with Crippen molar-refractivity contribution in [1.29, 1.82) is 0 Å². The lowest BCUT2D eigenvalue weighted by Gasteiger charge is -2.22. The molecule has 0 bridgehead atoms. The van der Waals surface area contributed by atoms with Crippen molar-refractivity contribution in [3.05, 3.63) is 17.7 Å². The molecule has 132 valence electrons. The van der Waals surface area contributed by atoms with Gasteiger partial charge in [-0.25, -0.2) is 0 Å². The molecule has 0 spiro atoms. The summed E-state index contributed by atoms with van der Waals surface area (Å²) < 4.78 is 16.3. The molecule has 1 aliphatic heterocycles. The first-order chi connectivity index (χ1) is 11.5. The molecule has 2 rings (SSSR count). The van der Waals surface area contributed by atoms with Crippen LogP contribution in [0, 0.1) is 5.92 Å². The van der Waals surface area contributed by atoms with Gasteiger partial charge < -0.3 is 24.8 Å². The largest absolute Gasteiger partial charge is 0.493 e. The van der Waals surface area contributed by atoms with E-state index in [-0.39, 0.29) is 17.7 Å². The Morgan fingerprint density at radius 3 is 2.58 bits per heavy atom. The summed E-state index contributed by atoms with van der Waals surface area (Å²) in [5, 5.41) is 5.35. The van der Waals surface area contributed by atoms with Gasteiger partial charge >= 0.3 is 0 Å². The summed E-state index contributed by atoms with van der Waals surface area (Å²) in [5.41, 5.74) is 0.355. The predicted molar refractivity (Wildman–Crippen MR) is 88.8 cm³/mol. The third-order valence-electron chi connectivity index (χ3n) is 3.67. The molecular weight excluding hydrogens is 312 g/mol. The van der Waals surface area contributed by atoms with Crippen LogP contribution in [0.5, 0.6) is 17.2 Å². The predicted octanol–water partition coefficient (Wildman–Crippen LogP) is 1.36. The second-order valence-corrected chi connectivity index (χ2v) is 5.97. The van der Waals surface area contributed by atoms with E-state index in [1.54, 1.807) is 19.2 Å². The van der Waals surface area contributed by atoms with Crippen LogP contribution < -0.4 is 24.8 Å². The first kappa shape index (κ1) is 17.9. The number of fused-ring (bicyclic) bond motifs is 1. The number of rotatable bonds is 6. The van der Waals surface area contributed by atoms with Gasteiger partial charge in [0, 0.05) is 12.6 Å². The molecule has 0 fully saturated rings. The van der Waals surface area contributed by atoms with Crippen molar-refractivity contribution in [2.75, 3.05) is 27.4 Å². The number of likely N-dealkylation sites (N-methyl/N-ethyl adjacent to an activating group) is 1. The number of ether oxygens (including phenoxy) is 3. The lowest BCUT2D eigenvalue weighted by Crippen LogP contribution is -2.46. The van der Waals surface area contributed by atoms with E-state index in [9.17, 15) is 9.59 Å². The van der Waals surface area contributed by atoms with Gasteiger partial charge in [-0.3, -0.25) is 9.59 Å². The van der Waals surface area contributed by atoms with E-state index >= 15 is 0 Å². The Kier molecular flexibility index (Phi) is 5.89. The van der Waals surface area contributed by atoms with Crippen LogP contribution in [0.15, 0.2) is 12.1 Å². The number of amides is 2. The van der Waals surface area contributed by atoms with Gasteiger partial charge in [0.1, 0.15) is 19.3 Å². The molecule has 0 saturated carbocycles. The minimum Gasteiger partial charge on any atom is -0.493 e. The van der Waals surface area contributed by atoms with Crippen molar-refractivity contribution in [3.8, 4) is 17.2 Å². The molecule has 0 aliphatic carbocycles. The molecule has 1 heterocycles. The van der Waals surface area contributed by atoms with E-state index in [1.165, 1.54) is 7.11 Å². The molecule has 1 aliphatic rings. The molecule has 0 aromatic heterocycles. The van der Waals surface area contributed by atoms with Crippen LogP contribution in [-0.2, 0) is 4.79 Å². The molecule has 1 atom stereocenters. The number of carbonyl (C=O) groups is 2. The Bertz CT molecular complexity index is 598. The summed E-state index contributed by atoms with van der Waals surface area (Å²) in [5.74, 6) is 1.07. The Hall–Kier alpha value is -2.44. The molecule has 7 nitrogen and oxygen atoms in total. The monoisotopic (exact) mass is 336 g/mol. The van der Waals surface area contributed by atoms with Crippen LogP contribution in [0.3, 0.4) is 0 Å². The van der Waals surface area contributed by atoms with Gasteiger partial charge in [-0.2, -0.15) is 0 Å². The van der Waals surface area contributed by atoms with E-state index in [1.807, 2.05) is 13.8 Å². The first-order valence-electron chi connectivity index (χ1n) is 7.96. The van der Waals surface area contributed by atoms with Crippen molar-refractivity contribution >= 4 is 11.8 Å². The van der Waals surface area contributed by atoms with E-state index in [4.69, 9.17) is 14.2 Å². The van der Waals surface area contributed by atoms with Crippen LogP contribution in [0.2, 0.25) is 0 Å². The molecule has 0 unspecified atom stereocenters. The summed E-state index contributed by atoms with van der Waals surface area (Å²) >= 11 is 0. The van der Waals surface area contributed by atoms with Crippen LogP contribution in [0.25, 0.3) is 0 Å². The van der Waals surface area contributed by atoms with Gasteiger partial charge in [0.25, 0.3) is 5.91 Å². The van der Waals surface area contributed by atoms with Crippen LogP contribution in [-0.4, -0.2) is 45.2 Å². The number of nitrogens with one attached hydrogen (secondary N) is 2. The fourth-order valence-electron chi connectivity index (χ4n) is 2.52. The molecule has 0 saturated heterocycles. The van der Waals surface area contributed by atoms with Crippen molar-refractivity contribution < 1.29 is 23.8 Å². The van der Waals surface area contributed by atoms with Gasteiger partial charge in [-0.05, 0) is 24.5 Å². The Morgan fingerprint density at radius 1 is 1.25 bits per heavy atom. The van der Waals surface area contributed by atoms with Crippen molar-refractivity contribution in [3.63, 3.8) is 0 Å². The highest BCUT2D eigenvalue weighted by molar-refractivity contribution is 5.98. The summed E-state index contributed by atoms with van der Waals surface area (Å²) in [4.78, 5) is 24.5. The van der Waals surface area contributed by atoms with Crippen LogP contribution in [0.4, 0.5) is 0 Å². The highest BCUT2D eigenvalue weighted by atomic mass is 16.6.